The van der Waals surface area contributed by atoms with Gasteiger partial charge in [-0.15, -0.1) is 11.3 Å². The van der Waals surface area contributed by atoms with Crippen molar-refractivity contribution < 1.29 is 9.47 Å². The molecule has 2 aliphatic rings. The van der Waals surface area contributed by atoms with Crippen LogP contribution in [0, 0.1) is 12.3 Å². The summed E-state index contributed by atoms with van der Waals surface area (Å²) in [6, 6.07) is 3.89. The van der Waals surface area contributed by atoms with Gasteiger partial charge in [-0.2, -0.15) is 0 Å². The molecule has 0 spiro atoms. The summed E-state index contributed by atoms with van der Waals surface area (Å²) >= 11 is 1.73. The first-order chi connectivity index (χ1) is 12.2. The number of aryl methyl sites for hydroxylation is 1. The first-order valence-electron chi connectivity index (χ1n) is 9.01. The molecule has 0 radical (unpaired) electrons. The maximum atomic E-state index is 6.14. The first kappa shape index (κ1) is 16.9. The second kappa shape index (κ2) is 7.40. The minimum atomic E-state index is 0.0669. The predicted molar refractivity (Wildman–Crippen MR) is 97.9 cm³/mol. The molecule has 4 rings (SSSR count). The van der Waals surface area contributed by atoms with Crippen LogP contribution in [-0.4, -0.2) is 47.3 Å². The van der Waals surface area contributed by atoms with Crippen molar-refractivity contribution >= 4 is 11.3 Å². The second-order valence-corrected chi connectivity index (χ2v) is 8.22. The van der Waals surface area contributed by atoms with Gasteiger partial charge in [-0.1, -0.05) is 0 Å². The van der Waals surface area contributed by atoms with E-state index in [4.69, 9.17) is 9.47 Å². The Bertz CT molecular complexity index is 693. The topological polar surface area (TPSA) is 47.5 Å². The van der Waals surface area contributed by atoms with Gasteiger partial charge in [-0.3, -0.25) is 9.88 Å². The van der Waals surface area contributed by atoms with Crippen molar-refractivity contribution in [1.82, 2.24) is 14.9 Å². The fraction of sp³-hybridized carbons (Fsp3) is 0.579. The number of rotatable bonds is 5. The molecule has 2 saturated heterocycles. The number of hydrogen-bond acceptors (Lipinski definition) is 6. The highest BCUT2D eigenvalue weighted by molar-refractivity contribution is 7.09. The Labute approximate surface area is 153 Å². The quantitative estimate of drug-likeness (QED) is 0.820. The molecule has 4 heterocycles. The molecule has 0 aromatic carbocycles. The lowest BCUT2D eigenvalue weighted by Crippen LogP contribution is -2.57. The lowest BCUT2D eigenvalue weighted by atomic mass is 9.73. The van der Waals surface area contributed by atoms with Crippen molar-refractivity contribution in [2.75, 3.05) is 26.3 Å². The average molecular weight is 359 g/mol. The number of fused-ring (bicyclic) bond motifs is 1. The number of piperidine rings is 1. The van der Waals surface area contributed by atoms with Crippen LogP contribution in [0.25, 0.3) is 0 Å². The molecule has 0 bridgehead atoms. The highest BCUT2D eigenvalue weighted by atomic mass is 32.1. The highest BCUT2D eigenvalue weighted by Crippen LogP contribution is 2.41. The first-order valence-corrected chi connectivity index (χ1v) is 9.89. The third kappa shape index (κ3) is 3.86. The van der Waals surface area contributed by atoms with E-state index in [2.05, 4.69) is 27.2 Å². The van der Waals surface area contributed by atoms with Gasteiger partial charge in [-0.25, -0.2) is 4.98 Å². The van der Waals surface area contributed by atoms with Crippen molar-refractivity contribution in [2.45, 2.75) is 38.8 Å². The van der Waals surface area contributed by atoms with Crippen molar-refractivity contribution in [1.29, 1.82) is 0 Å². The van der Waals surface area contributed by atoms with Crippen molar-refractivity contribution in [3.05, 3.63) is 40.6 Å². The Morgan fingerprint density at radius 2 is 2.44 bits per heavy atom. The van der Waals surface area contributed by atoms with Gasteiger partial charge < -0.3 is 9.47 Å². The SMILES string of the molecule is Cc1nc(CN2CC[C@H]3OCCC[C@]3(COc3cccnc3)C2)cs1. The largest absolute Gasteiger partial charge is 0.491 e. The normalized spacial score (nSPS) is 27.0. The maximum absolute atomic E-state index is 6.14. The molecule has 0 aliphatic carbocycles. The zero-order valence-corrected chi connectivity index (χ0v) is 15.5. The third-order valence-corrected chi connectivity index (χ3v) is 6.10. The van der Waals surface area contributed by atoms with E-state index in [0.717, 1.165) is 56.3 Å². The van der Waals surface area contributed by atoms with E-state index < -0.39 is 0 Å². The third-order valence-electron chi connectivity index (χ3n) is 5.28. The Morgan fingerprint density at radius 1 is 1.48 bits per heavy atom. The molecule has 5 nitrogen and oxygen atoms in total. The lowest BCUT2D eigenvalue weighted by Gasteiger charge is -2.50. The van der Waals surface area contributed by atoms with Gasteiger partial charge in [0.1, 0.15) is 5.75 Å². The van der Waals surface area contributed by atoms with Crippen LogP contribution in [0.2, 0.25) is 0 Å². The zero-order valence-electron chi connectivity index (χ0n) is 14.7. The summed E-state index contributed by atoms with van der Waals surface area (Å²) in [6.07, 6.45) is 7.19. The average Bonchev–Trinajstić information content (AvgIpc) is 3.05. The summed E-state index contributed by atoms with van der Waals surface area (Å²) in [7, 11) is 0. The van der Waals surface area contributed by atoms with Crippen molar-refractivity contribution in [3.63, 3.8) is 0 Å². The number of thiazole rings is 1. The van der Waals surface area contributed by atoms with Gasteiger partial charge in [0.25, 0.3) is 0 Å². The molecule has 2 aliphatic heterocycles. The second-order valence-electron chi connectivity index (χ2n) is 7.16. The molecule has 0 unspecified atom stereocenters. The van der Waals surface area contributed by atoms with Gasteiger partial charge in [0.15, 0.2) is 0 Å². The lowest BCUT2D eigenvalue weighted by molar-refractivity contribution is -0.141. The Balaban J connectivity index is 1.46. The van der Waals surface area contributed by atoms with E-state index >= 15 is 0 Å². The fourth-order valence-electron chi connectivity index (χ4n) is 4.10. The Hall–Kier alpha value is -1.50. The van der Waals surface area contributed by atoms with E-state index in [-0.39, 0.29) is 5.41 Å². The van der Waals surface area contributed by atoms with Crippen LogP contribution in [0.1, 0.15) is 30.0 Å². The number of hydrogen-bond donors (Lipinski definition) is 0. The summed E-state index contributed by atoms with van der Waals surface area (Å²) < 4.78 is 12.3. The van der Waals surface area contributed by atoms with Crippen LogP contribution in [0.4, 0.5) is 0 Å². The molecule has 2 aromatic heterocycles. The van der Waals surface area contributed by atoms with Crippen LogP contribution in [-0.2, 0) is 11.3 Å². The minimum Gasteiger partial charge on any atom is -0.491 e. The summed E-state index contributed by atoms with van der Waals surface area (Å²) in [5.74, 6) is 0.841. The Kier molecular flexibility index (Phi) is 5.01. The number of aromatic nitrogens is 2. The van der Waals surface area contributed by atoms with E-state index in [0.29, 0.717) is 12.7 Å². The summed E-state index contributed by atoms with van der Waals surface area (Å²) in [5, 5.41) is 3.32. The van der Waals surface area contributed by atoms with Gasteiger partial charge in [0.2, 0.25) is 0 Å². The van der Waals surface area contributed by atoms with Gasteiger partial charge in [0, 0.05) is 43.2 Å². The molecule has 25 heavy (non-hydrogen) atoms. The number of ether oxygens (including phenoxy) is 2. The number of nitrogens with zero attached hydrogens (tertiary/aromatic N) is 3. The summed E-state index contributed by atoms with van der Waals surface area (Å²) in [4.78, 5) is 11.3. The molecule has 0 N–H and O–H groups in total. The van der Waals surface area contributed by atoms with Crippen molar-refractivity contribution in [3.8, 4) is 5.75 Å². The predicted octanol–water partition coefficient (Wildman–Crippen LogP) is 3.30. The zero-order chi connectivity index (χ0) is 17.1. The molecular formula is C19H25N3O2S. The fourth-order valence-corrected chi connectivity index (χ4v) is 4.70. The van der Waals surface area contributed by atoms with Gasteiger partial charge in [0.05, 0.1) is 29.6 Å². The standard InChI is InChI=1S/C19H25N3O2S/c1-15-21-16(12-25-15)11-22-8-5-18-19(13-22,6-3-9-23-18)14-24-17-4-2-7-20-10-17/h2,4,7,10,12,18H,3,5-6,8-9,11,13-14H2,1H3/t18-,19-/m1/s1. The van der Waals surface area contributed by atoms with E-state index in [1.807, 2.05) is 12.1 Å². The van der Waals surface area contributed by atoms with Crippen LogP contribution in [0.15, 0.2) is 29.9 Å². The molecule has 134 valence electrons. The van der Waals surface area contributed by atoms with Gasteiger partial charge in [-0.05, 0) is 38.3 Å². The van der Waals surface area contributed by atoms with Crippen LogP contribution < -0.4 is 4.74 Å². The molecule has 6 heteroatoms. The van der Waals surface area contributed by atoms with Crippen LogP contribution in [0.5, 0.6) is 5.75 Å². The Morgan fingerprint density at radius 3 is 3.24 bits per heavy atom. The highest BCUT2D eigenvalue weighted by Gasteiger charge is 2.46. The van der Waals surface area contributed by atoms with Crippen molar-refractivity contribution in [2.24, 2.45) is 5.41 Å². The number of likely N-dealkylation sites (tertiary alicyclic amines) is 1. The molecule has 2 atom stereocenters. The molecule has 2 fully saturated rings. The maximum Gasteiger partial charge on any atom is 0.137 e. The van der Waals surface area contributed by atoms with Crippen LogP contribution >= 0.6 is 11.3 Å². The number of pyridine rings is 1. The summed E-state index contributed by atoms with van der Waals surface area (Å²) in [5.41, 5.74) is 1.25. The van der Waals surface area contributed by atoms with E-state index in [1.54, 1.807) is 23.7 Å². The smallest absolute Gasteiger partial charge is 0.137 e. The molecule has 0 amide bonds. The molecule has 2 aromatic rings. The molecule has 0 saturated carbocycles. The van der Waals surface area contributed by atoms with E-state index in [9.17, 15) is 0 Å². The van der Waals surface area contributed by atoms with Crippen LogP contribution in [0.3, 0.4) is 0 Å². The minimum absolute atomic E-state index is 0.0669. The van der Waals surface area contributed by atoms with Gasteiger partial charge >= 0.3 is 0 Å². The van der Waals surface area contributed by atoms with E-state index in [1.165, 1.54) is 5.69 Å². The summed E-state index contributed by atoms with van der Waals surface area (Å²) in [6.45, 7) is 6.63. The monoisotopic (exact) mass is 359 g/mol. The molecular weight excluding hydrogens is 334 g/mol.